The van der Waals surface area contributed by atoms with Gasteiger partial charge in [-0.05, 0) is 95.9 Å². The van der Waals surface area contributed by atoms with Crippen molar-refractivity contribution in [2.45, 2.75) is 26.7 Å². The maximum absolute atomic E-state index is 12.3. The van der Waals surface area contributed by atoms with Crippen molar-refractivity contribution in [1.29, 1.82) is 0 Å². The van der Waals surface area contributed by atoms with Gasteiger partial charge in [-0.25, -0.2) is 4.98 Å². The number of aryl methyl sites for hydroxylation is 2. The van der Waals surface area contributed by atoms with Crippen molar-refractivity contribution in [1.82, 2.24) is 4.98 Å². The van der Waals surface area contributed by atoms with E-state index in [0.29, 0.717) is 19.4 Å². The van der Waals surface area contributed by atoms with Crippen LogP contribution in [0.1, 0.15) is 24.0 Å². The van der Waals surface area contributed by atoms with Crippen LogP contribution in [-0.2, 0) is 4.79 Å². The van der Waals surface area contributed by atoms with Crippen LogP contribution in [0.2, 0.25) is 0 Å². The summed E-state index contributed by atoms with van der Waals surface area (Å²) in [7, 11) is 0. The maximum Gasteiger partial charge on any atom is 0.224 e. The molecule has 0 atom stereocenters. The summed E-state index contributed by atoms with van der Waals surface area (Å²) >= 11 is 5.18. The summed E-state index contributed by atoms with van der Waals surface area (Å²) in [6.45, 7) is 4.61. The van der Waals surface area contributed by atoms with Gasteiger partial charge in [0.25, 0.3) is 0 Å². The molecule has 3 aromatic carbocycles. The van der Waals surface area contributed by atoms with Crippen LogP contribution in [0.15, 0.2) is 65.1 Å². The number of thiazole rings is 1. The molecule has 1 aromatic heterocycles. The van der Waals surface area contributed by atoms with E-state index >= 15 is 0 Å². The van der Waals surface area contributed by atoms with Crippen molar-refractivity contribution >= 4 is 49.1 Å². The second kappa shape index (κ2) is 9.62. The molecule has 0 unspecified atom stereocenters. The molecule has 4 rings (SSSR count). The summed E-state index contributed by atoms with van der Waals surface area (Å²) < 4.78 is 7.87. The van der Waals surface area contributed by atoms with Crippen molar-refractivity contribution in [3.63, 3.8) is 0 Å². The first-order valence-electron chi connectivity index (χ1n) is 10.1. The fraction of sp³-hybridized carbons (Fsp3) is 0.200. The van der Waals surface area contributed by atoms with Gasteiger partial charge in [0.2, 0.25) is 5.91 Å². The van der Waals surface area contributed by atoms with Crippen molar-refractivity contribution < 1.29 is 9.53 Å². The molecule has 1 amide bonds. The molecule has 1 heterocycles. The number of hydrogen-bond donors (Lipinski definition) is 1. The van der Waals surface area contributed by atoms with Gasteiger partial charge in [-0.2, -0.15) is 0 Å². The lowest BCUT2D eigenvalue weighted by Gasteiger charge is -2.09. The second-order valence-corrected chi connectivity index (χ2v) is 9.39. The highest BCUT2D eigenvalue weighted by Crippen LogP contribution is 2.31. The number of nitrogens with zero attached hydrogens (tertiary/aromatic N) is 1. The summed E-state index contributed by atoms with van der Waals surface area (Å²) in [5, 5.41) is 3.94. The predicted molar refractivity (Wildman–Crippen MR) is 132 cm³/mol. The molecule has 0 bridgehead atoms. The van der Waals surface area contributed by atoms with E-state index in [0.717, 1.165) is 32.0 Å². The number of carbonyl (C=O) groups is 1. The van der Waals surface area contributed by atoms with Gasteiger partial charge in [0.15, 0.2) is 0 Å². The van der Waals surface area contributed by atoms with E-state index in [4.69, 9.17) is 9.72 Å². The Morgan fingerprint density at radius 1 is 1.03 bits per heavy atom. The number of benzene rings is 3. The molecular formula is C25H23BrN2O2S. The SMILES string of the molecule is Cc1ccc(OCCCC(=O)Nc2ccc(-c3nc4ccc(C)cc4s3)cc2)c(Br)c1. The molecule has 31 heavy (non-hydrogen) atoms. The van der Waals surface area contributed by atoms with Gasteiger partial charge in [-0.3, -0.25) is 4.79 Å². The lowest BCUT2D eigenvalue weighted by Crippen LogP contribution is -2.12. The summed E-state index contributed by atoms with van der Waals surface area (Å²) in [4.78, 5) is 17.0. The Morgan fingerprint density at radius 2 is 1.77 bits per heavy atom. The van der Waals surface area contributed by atoms with Crippen molar-refractivity contribution in [3.8, 4) is 16.3 Å². The number of carbonyl (C=O) groups excluding carboxylic acids is 1. The predicted octanol–water partition coefficient (Wildman–Crippen LogP) is 7.14. The largest absolute Gasteiger partial charge is 0.492 e. The number of anilines is 1. The van der Waals surface area contributed by atoms with E-state index < -0.39 is 0 Å². The normalized spacial score (nSPS) is 10.9. The molecule has 0 spiro atoms. The van der Waals surface area contributed by atoms with E-state index in [1.807, 2.05) is 49.4 Å². The minimum absolute atomic E-state index is 0.0187. The summed E-state index contributed by atoms with van der Waals surface area (Å²) in [6.07, 6.45) is 1.05. The minimum atomic E-state index is -0.0187. The molecule has 0 fully saturated rings. The van der Waals surface area contributed by atoms with Crippen LogP contribution in [-0.4, -0.2) is 17.5 Å². The number of aromatic nitrogens is 1. The van der Waals surface area contributed by atoms with Crippen molar-refractivity contribution in [3.05, 3.63) is 76.3 Å². The number of halogens is 1. The topological polar surface area (TPSA) is 51.2 Å². The molecule has 6 heteroatoms. The van der Waals surface area contributed by atoms with Crippen LogP contribution in [0, 0.1) is 13.8 Å². The van der Waals surface area contributed by atoms with Crippen LogP contribution >= 0.6 is 27.3 Å². The lowest BCUT2D eigenvalue weighted by atomic mass is 10.2. The third kappa shape index (κ3) is 5.51. The highest BCUT2D eigenvalue weighted by Gasteiger charge is 2.08. The van der Waals surface area contributed by atoms with Crippen LogP contribution in [0.25, 0.3) is 20.8 Å². The van der Waals surface area contributed by atoms with Gasteiger partial charge in [-0.15, -0.1) is 11.3 Å². The standard InChI is InChI=1S/C25H23BrN2O2S/c1-16-6-12-22(20(26)14-16)30-13-3-4-24(29)27-19-9-7-18(8-10-19)25-28-21-11-5-17(2)15-23(21)31-25/h5-12,14-15H,3-4,13H2,1-2H3,(H,27,29). The molecular weight excluding hydrogens is 472 g/mol. The molecule has 4 aromatic rings. The van der Waals surface area contributed by atoms with Crippen LogP contribution in [0.3, 0.4) is 0 Å². The Bertz CT molecular complexity index is 1220. The van der Waals surface area contributed by atoms with E-state index in [9.17, 15) is 4.79 Å². The smallest absolute Gasteiger partial charge is 0.224 e. The van der Waals surface area contributed by atoms with E-state index in [2.05, 4.69) is 46.4 Å². The zero-order valence-electron chi connectivity index (χ0n) is 17.4. The van der Waals surface area contributed by atoms with Crippen LogP contribution < -0.4 is 10.1 Å². The Morgan fingerprint density at radius 3 is 2.55 bits per heavy atom. The number of amides is 1. The number of nitrogens with one attached hydrogen (secondary N) is 1. The number of hydrogen-bond acceptors (Lipinski definition) is 4. The minimum Gasteiger partial charge on any atom is -0.492 e. The highest BCUT2D eigenvalue weighted by atomic mass is 79.9. The van der Waals surface area contributed by atoms with E-state index in [1.165, 1.54) is 15.8 Å². The fourth-order valence-electron chi connectivity index (χ4n) is 3.21. The second-order valence-electron chi connectivity index (χ2n) is 7.50. The Hall–Kier alpha value is -2.70. The molecule has 0 saturated carbocycles. The van der Waals surface area contributed by atoms with E-state index in [-0.39, 0.29) is 5.91 Å². The zero-order chi connectivity index (χ0) is 21.8. The summed E-state index contributed by atoms with van der Waals surface area (Å²) in [6, 6.07) is 20.1. The Balaban J connectivity index is 1.28. The number of fused-ring (bicyclic) bond motifs is 1. The van der Waals surface area contributed by atoms with E-state index in [1.54, 1.807) is 11.3 Å². The molecule has 0 radical (unpaired) electrons. The van der Waals surface area contributed by atoms with Crippen LogP contribution in [0.5, 0.6) is 5.75 Å². The first kappa shape index (κ1) is 21.5. The molecule has 1 N–H and O–H groups in total. The average Bonchev–Trinajstić information content (AvgIpc) is 3.16. The first-order chi connectivity index (χ1) is 15.0. The Kier molecular flexibility index (Phi) is 6.68. The van der Waals surface area contributed by atoms with Gasteiger partial charge >= 0.3 is 0 Å². The molecule has 0 aliphatic rings. The third-order valence-electron chi connectivity index (χ3n) is 4.85. The van der Waals surface area contributed by atoms with Gasteiger partial charge in [0.1, 0.15) is 10.8 Å². The van der Waals surface area contributed by atoms with Gasteiger partial charge in [0.05, 0.1) is 21.3 Å². The number of ether oxygens (including phenoxy) is 1. The van der Waals surface area contributed by atoms with Gasteiger partial charge in [-0.1, -0.05) is 12.1 Å². The summed E-state index contributed by atoms with van der Waals surface area (Å²) in [5.74, 6) is 0.779. The van der Waals surface area contributed by atoms with Crippen molar-refractivity contribution in [2.24, 2.45) is 0 Å². The first-order valence-corrected chi connectivity index (χ1v) is 11.8. The van der Waals surface area contributed by atoms with Gasteiger partial charge in [0, 0.05) is 17.7 Å². The quantitative estimate of drug-likeness (QED) is 0.277. The van der Waals surface area contributed by atoms with Gasteiger partial charge < -0.3 is 10.1 Å². The van der Waals surface area contributed by atoms with Crippen molar-refractivity contribution in [2.75, 3.05) is 11.9 Å². The zero-order valence-corrected chi connectivity index (χ0v) is 19.8. The third-order valence-corrected chi connectivity index (χ3v) is 6.54. The molecule has 0 saturated heterocycles. The molecule has 0 aliphatic carbocycles. The summed E-state index contributed by atoms with van der Waals surface area (Å²) in [5.41, 5.74) is 5.25. The lowest BCUT2D eigenvalue weighted by molar-refractivity contribution is -0.116. The highest BCUT2D eigenvalue weighted by molar-refractivity contribution is 9.10. The monoisotopic (exact) mass is 494 g/mol. The molecule has 4 nitrogen and oxygen atoms in total. The fourth-order valence-corrected chi connectivity index (χ4v) is 4.89. The Labute approximate surface area is 194 Å². The molecule has 0 aliphatic heterocycles. The average molecular weight is 495 g/mol. The maximum atomic E-state index is 12.3. The van der Waals surface area contributed by atoms with Crippen LogP contribution in [0.4, 0.5) is 5.69 Å². The molecule has 158 valence electrons. The number of rotatable bonds is 7.